The van der Waals surface area contributed by atoms with Crippen LogP contribution in [0, 0.1) is 5.92 Å². The summed E-state index contributed by atoms with van der Waals surface area (Å²) in [6, 6.07) is 5.42. The number of halogens is 1. The summed E-state index contributed by atoms with van der Waals surface area (Å²) < 4.78 is 0. The van der Waals surface area contributed by atoms with Crippen molar-refractivity contribution in [1.82, 2.24) is 0 Å². The molecule has 0 aliphatic heterocycles. The van der Waals surface area contributed by atoms with Gasteiger partial charge in [-0.15, -0.1) is 0 Å². The van der Waals surface area contributed by atoms with Crippen LogP contribution in [0.25, 0.3) is 0 Å². The molecule has 0 bridgehead atoms. The molecule has 1 aromatic rings. The van der Waals surface area contributed by atoms with Crippen LogP contribution in [0.4, 0.5) is 5.69 Å². The second-order valence-corrected chi connectivity index (χ2v) is 4.65. The zero-order valence-corrected chi connectivity index (χ0v) is 10.8. The number of anilines is 1. The van der Waals surface area contributed by atoms with Crippen LogP contribution in [-0.2, 0) is 0 Å². The van der Waals surface area contributed by atoms with Crippen LogP contribution in [-0.4, -0.2) is 19.9 Å². The van der Waals surface area contributed by atoms with Crippen molar-refractivity contribution in [2.24, 2.45) is 5.92 Å². The topological polar surface area (TPSA) is 20.3 Å². The van der Waals surface area contributed by atoms with Crippen LogP contribution < -0.4 is 4.90 Å². The molecule has 0 spiro atoms. The Hall–Kier alpha value is -1.02. The smallest absolute Gasteiger partial charge is 0.152 e. The van der Waals surface area contributed by atoms with E-state index in [-0.39, 0.29) is 0 Å². The van der Waals surface area contributed by atoms with Crippen LogP contribution in [0.5, 0.6) is 0 Å². The van der Waals surface area contributed by atoms with E-state index >= 15 is 0 Å². The highest BCUT2D eigenvalue weighted by atomic mass is 35.5. The number of hydrogen-bond acceptors (Lipinski definition) is 2. The fourth-order valence-corrected chi connectivity index (χ4v) is 1.84. The Bertz CT molecular complexity index is 365. The van der Waals surface area contributed by atoms with Gasteiger partial charge < -0.3 is 4.90 Å². The van der Waals surface area contributed by atoms with Crippen LogP contribution in [0.2, 0.25) is 5.02 Å². The predicted octanol–water partition coefficient (Wildman–Crippen LogP) is 3.63. The number of aldehydes is 1. The third-order valence-electron chi connectivity index (χ3n) is 2.81. The fraction of sp³-hybridized carbons (Fsp3) is 0.462. The second kappa shape index (κ2) is 5.90. The third kappa shape index (κ3) is 3.24. The number of nitrogens with zero attached hydrogens (tertiary/aromatic N) is 1. The zero-order chi connectivity index (χ0) is 12.1. The van der Waals surface area contributed by atoms with Gasteiger partial charge in [0.15, 0.2) is 6.29 Å². The van der Waals surface area contributed by atoms with E-state index in [1.807, 2.05) is 19.2 Å². The molecule has 0 radical (unpaired) electrons. The molecule has 0 aliphatic rings. The van der Waals surface area contributed by atoms with Gasteiger partial charge in [0.1, 0.15) is 0 Å². The highest BCUT2D eigenvalue weighted by molar-refractivity contribution is 6.31. The quantitative estimate of drug-likeness (QED) is 0.732. The molecular formula is C13H18ClNO. The Labute approximate surface area is 102 Å². The molecule has 0 fully saturated rings. The Kier molecular flexibility index (Phi) is 4.81. The van der Waals surface area contributed by atoms with Gasteiger partial charge in [-0.2, -0.15) is 0 Å². The first-order valence-electron chi connectivity index (χ1n) is 5.54. The number of benzene rings is 1. The SMILES string of the molecule is CCC(C)CN(C)c1ccc(Cl)cc1C=O. The van der Waals surface area contributed by atoms with Crippen LogP contribution in [0.15, 0.2) is 18.2 Å². The fourth-order valence-electron chi connectivity index (χ4n) is 1.66. The number of rotatable bonds is 5. The van der Waals surface area contributed by atoms with E-state index in [0.717, 1.165) is 24.9 Å². The molecule has 88 valence electrons. The summed E-state index contributed by atoms with van der Waals surface area (Å²) in [5.41, 5.74) is 1.60. The van der Waals surface area contributed by atoms with E-state index in [1.165, 1.54) is 0 Å². The summed E-state index contributed by atoms with van der Waals surface area (Å²) in [5.74, 6) is 0.611. The van der Waals surface area contributed by atoms with Crippen molar-refractivity contribution in [2.45, 2.75) is 20.3 Å². The minimum atomic E-state index is 0.600. The van der Waals surface area contributed by atoms with E-state index in [0.29, 0.717) is 16.5 Å². The molecule has 0 saturated carbocycles. The van der Waals surface area contributed by atoms with Crippen LogP contribution in [0.3, 0.4) is 0 Å². The summed E-state index contributed by atoms with van der Waals surface area (Å²) >= 11 is 5.86. The maximum atomic E-state index is 11.0. The molecule has 1 rings (SSSR count). The molecule has 3 heteroatoms. The zero-order valence-electron chi connectivity index (χ0n) is 10.0. The van der Waals surface area contributed by atoms with Crippen molar-refractivity contribution in [3.05, 3.63) is 28.8 Å². The lowest BCUT2D eigenvalue weighted by molar-refractivity contribution is 0.112. The highest BCUT2D eigenvalue weighted by Crippen LogP contribution is 2.23. The van der Waals surface area contributed by atoms with Gasteiger partial charge in [-0.3, -0.25) is 4.79 Å². The van der Waals surface area contributed by atoms with Crippen molar-refractivity contribution in [2.75, 3.05) is 18.5 Å². The molecule has 0 amide bonds. The number of carbonyl (C=O) groups excluding carboxylic acids is 1. The second-order valence-electron chi connectivity index (χ2n) is 4.21. The molecule has 1 unspecified atom stereocenters. The normalized spacial score (nSPS) is 12.2. The summed E-state index contributed by atoms with van der Waals surface area (Å²) in [6.45, 7) is 5.31. The summed E-state index contributed by atoms with van der Waals surface area (Å²) in [6.07, 6.45) is 1.99. The molecule has 2 nitrogen and oxygen atoms in total. The standard InChI is InChI=1S/C13H18ClNO/c1-4-10(2)8-15(3)13-6-5-12(14)7-11(13)9-16/h5-7,9-10H,4,8H2,1-3H3. The predicted molar refractivity (Wildman–Crippen MR) is 69.6 cm³/mol. The minimum Gasteiger partial charge on any atom is -0.374 e. The lowest BCUT2D eigenvalue weighted by Crippen LogP contribution is -2.24. The molecule has 0 heterocycles. The van der Waals surface area contributed by atoms with Gasteiger partial charge in [-0.25, -0.2) is 0 Å². The first-order chi connectivity index (χ1) is 7.58. The van der Waals surface area contributed by atoms with E-state index in [4.69, 9.17) is 11.6 Å². The highest BCUT2D eigenvalue weighted by Gasteiger charge is 2.10. The van der Waals surface area contributed by atoms with Crippen molar-refractivity contribution >= 4 is 23.6 Å². The van der Waals surface area contributed by atoms with Gasteiger partial charge in [0, 0.05) is 29.9 Å². The van der Waals surface area contributed by atoms with E-state index in [2.05, 4.69) is 18.7 Å². The molecule has 16 heavy (non-hydrogen) atoms. The van der Waals surface area contributed by atoms with Gasteiger partial charge >= 0.3 is 0 Å². The molecule has 0 N–H and O–H groups in total. The average molecular weight is 240 g/mol. The molecule has 0 saturated heterocycles. The van der Waals surface area contributed by atoms with E-state index < -0.39 is 0 Å². The largest absolute Gasteiger partial charge is 0.374 e. The van der Waals surface area contributed by atoms with Crippen molar-refractivity contribution in [1.29, 1.82) is 0 Å². The molecule has 1 atom stereocenters. The maximum absolute atomic E-state index is 11.0. The summed E-state index contributed by atoms with van der Waals surface area (Å²) in [5, 5.41) is 0.600. The lowest BCUT2D eigenvalue weighted by Gasteiger charge is -2.24. The molecule has 0 aliphatic carbocycles. The Balaban J connectivity index is 2.90. The summed E-state index contributed by atoms with van der Waals surface area (Å²) in [4.78, 5) is 13.1. The van der Waals surface area contributed by atoms with Gasteiger partial charge in [0.05, 0.1) is 0 Å². The van der Waals surface area contributed by atoms with Crippen molar-refractivity contribution in [3.8, 4) is 0 Å². The molecular weight excluding hydrogens is 222 g/mol. The number of carbonyl (C=O) groups is 1. The van der Waals surface area contributed by atoms with Crippen LogP contribution in [0.1, 0.15) is 30.6 Å². The average Bonchev–Trinajstić information content (AvgIpc) is 2.28. The van der Waals surface area contributed by atoms with Gasteiger partial charge in [-0.05, 0) is 24.1 Å². The van der Waals surface area contributed by atoms with Crippen molar-refractivity contribution < 1.29 is 4.79 Å². The maximum Gasteiger partial charge on any atom is 0.152 e. The third-order valence-corrected chi connectivity index (χ3v) is 3.05. The lowest BCUT2D eigenvalue weighted by atomic mass is 10.1. The van der Waals surface area contributed by atoms with E-state index in [1.54, 1.807) is 6.07 Å². The summed E-state index contributed by atoms with van der Waals surface area (Å²) in [7, 11) is 2.00. The number of hydrogen-bond donors (Lipinski definition) is 0. The Morgan fingerprint density at radius 3 is 2.75 bits per heavy atom. The first kappa shape index (κ1) is 13.0. The van der Waals surface area contributed by atoms with Crippen LogP contribution >= 0.6 is 11.6 Å². The van der Waals surface area contributed by atoms with Gasteiger partial charge in [0.2, 0.25) is 0 Å². The van der Waals surface area contributed by atoms with Crippen molar-refractivity contribution in [3.63, 3.8) is 0 Å². The Morgan fingerprint density at radius 1 is 1.50 bits per heavy atom. The first-order valence-corrected chi connectivity index (χ1v) is 5.92. The Morgan fingerprint density at radius 2 is 2.19 bits per heavy atom. The monoisotopic (exact) mass is 239 g/mol. The molecule has 0 aromatic heterocycles. The molecule has 1 aromatic carbocycles. The van der Waals surface area contributed by atoms with E-state index in [9.17, 15) is 4.79 Å². The van der Waals surface area contributed by atoms with Gasteiger partial charge in [-0.1, -0.05) is 31.9 Å². The minimum absolute atomic E-state index is 0.600. The van der Waals surface area contributed by atoms with Gasteiger partial charge in [0.25, 0.3) is 0 Å².